The van der Waals surface area contributed by atoms with Gasteiger partial charge in [-0.15, -0.1) is 0 Å². The third-order valence-electron chi connectivity index (χ3n) is 1.36. The minimum Gasteiger partial charge on any atom is -0.403 e. The molecule has 0 heterocycles. The minimum absolute atomic E-state index is 0.800. The molecule has 0 aliphatic heterocycles. The summed E-state index contributed by atoms with van der Waals surface area (Å²) in [6.07, 6.45) is 5.15. The van der Waals surface area contributed by atoms with Crippen LogP contribution in [0.3, 0.4) is 0 Å². The van der Waals surface area contributed by atoms with Gasteiger partial charge in [0.05, 0.1) is 5.70 Å². The molecule has 0 radical (unpaired) electrons. The van der Waals surface area contributed by atoms with Gasteiger partial charge in [0.25, 0.3) is 0 Å². The summed E-state index contributed by atoms with van der Waals surface area (Å²) in [5, 5.41) is 0. The first kappa shape index (κ1) is 9.95. The summed E-state index contributed by atoms with van der Waals surface area (Å²) < 4.78 is 0. The van der Waals surface area contributed by atoms with Gasteiger partial charge in [-0.1, -0.05) is 20.4 Å². The maximum Gasteiger partial charge on any atom is 0.0806 e. The molecule has 0 amide bonds. The van der Waals surface area contributed by atoms with E-state index in [1.807, 2.05) is 20.1 Å². The molecular weight excluding hydrogens is 136 g/mol. The van der Waals surface area contributed by atoms with Gasteiger partial charge in [0.1, 0.15) is 0 Å². The van der Waals surface area contributed by atoms with E-state index in [1.54, 1.807) is 0 Å². The lowest BCUT2D eigenvalue weighted by Gasteiger charge is -2.00. The molecule has 2 heteroatoms. The zero-order chi connectivity index (χ0) is 8.69. The van der Waals surface area contributed by atoms with Gasteiger partial charge < -0.3 is 5.73 Å². The van der Waals surface area contributed by atoms with E-state index < -0.39 is 0 Å². The lowest BCUT2D eigenvalue weighted by Crippen LogP contribution is -1.89. The highest BCUT2D eigenvalue weighted by molar-refractivity contribution is 5.59. The molecule has 0 aromatic rings. The molecule has 0 fully saturated rings. The molecule has 0 aliphatic carbocycles. The van der Waals surface area contributed by atoms with Crippen molar-refractivity contribution in [3.05, 3.63) is 24.0 Å². The van der Waals surface area contributed by atoms with Crippen molar-refractivity contribution in [1.82, 2.24) is 0 Å². The summed E-state index contributed by atoms with van der Waals surface area (Å²) in [5.41, 5.74) is 7.14. The largest absolute Gasteiger partial charge is 0.403 e. The third-order valence-corrected chi connectivity index (χ3v) is 1.36. The summed E-state index contributed by atoms with van der Waals surface area (Å²) >= 11 is 0. The van der Waals surface area contributed by atoms with Gasteiger partial charge in [0.2, 0.25) is 0 Å². The molecule has 0 rings (SSSR count). The molecule has 0 aliphatic rings. The fourth-order valence-corrected chi connectivity index (χ4v) is 0.623. The molecule has 0 atom stereocenters. The molecule has 2 nitrogen and oxygen atoms in total. The van der Waals surface area contributed by atoms with Crippen LogP contribution in [0.15, 0.2) is 29.0 Å². The summed E-state index contributed by atoms with van der Waals surface area (Å²) in [6.45, 7) is 7.90. The van der Waals surface area contributed by atoms with Crippen LogP contribution < -0.4 is 5.73 Å². The summed E-state index contributed by atoms with van der Waals surface area (Å²) in [6, 6.07) is 0. The Morgan fingerprint density at radius 1 is 1.55 bits per heavy atom. The number of hydrogen-bond acceptors (Lipinski definition) is 2. The smallest absolute Gasteiger partial charge is 0.0806 e. The first-order valence-corrected chi connectivity index (χ1v) is 3.88. The molecule has 2 N–H and O–H groups in total. The molecule has 0 unspecified atom stereocenters. The van der Waals surface area contributed by atoms with Gasteiger partial charge in [-0.3, -0.25) is 4.99 Å². The van der Waals surface area contributed by atoms with Gasteiger partial charge in [0, 0.05) is 12.4 Å². The highest BCUT2D eigenvalue weighted by Gasteiger charge is 1.94. The van der Waals surface area contributed by atoms with Gasteiger partial charge in [-0.05, 0) is 18.4 Å². The van der Waals surface area contributed by atoms with Gasteiger partial charge in [0.15, 0.2) is 0 Å². The van der Waals surface area contributed by atoms with E-state index in [1.165, 1.54) is 6.20 Å². The summed E-state index contributed by atoms with van der Waals surface area (Å²) in [4.78, 5) is 4.14. The zero-order valence-electron chi connectivity index (χ0n) is 7.30. The van der Waals surface area contributed by atoms with Crippen molar-refractivity contribution in [2.45, 2.75) is 26.7 Å². The Hall–Kier alpha value is -1.05. The standard InChI is InChI=1S/C9H16N2/c1-4-6-11-9(7-10)8(3)5-2/h6-7H,3-5,10H2,1-2H3/b9-7-,11-6-. The average Bonchev–Trinajstić information content (AvgIpc) is 2.05. The molecule has 62 valence electrons. The fourth-order valence-electron chi connectivity index (χ4n) is 0.623. The van der Waals surface area contributed by atoms with Crippen molar-refractivity contribution in [2.75, 3.05) is 0 Å². The first-order valence-electron chi connectivity index (χ1n) is 3.88. The van der Waals surface area contributed by atoms with Crippen molar-refractivity contribution < 1.29 is 0 Å². The Morgan fingerprint density at radius 3 is 2.55 bits per heavy atom. The van der Waals surface area contributed by atoms with Crippen LogP contribution in [-0.4, -0.2) is 6.21 Å². The third kappa shape index (κ3) is 3.61. The van der Waals surface area contributed by atoms with Crippen LogP contribution in [0, 0.1) is 0 Å². The number of nitrogens with zero attached hydrogens (tertiary/aromatic N) is 1. The van der Waals surface area contributed by atoms with Crippen LogP contribution in [0.25, 0.3) is 0 Å². The molecular formula is C9H16N2. The second kappa shape index (κ2) is 5.71. The highest BCUT2D eigenvalue weighted by atomic mass is 14.8. The Morgan fingerprint density at radius 2 is 2.18 bits per heavy atom. The summed E-state index contributed by atoms with van der Waals surface area (Å²) in [7, 11) is 0. The first-order chi connectivity index (χ1) is 5.26. The van der Waals surface area contributed by atoms with E-state index in [-0.39, 0.29) is 0 Å². The van der Waals surface area contributed by atoms with Crippen LogP contribution >= 0.6 is 0 Å². The Kier molecular flexibility index (Phi) is 5.17. The Labute approximate surface area is 68.5 Å². The molecule has 0 aromatic carbocycles. The van der Waals surface area contributed by atoms with Crippen molar-refractivity contribution in [1.29, 1.82) is 0 Å². The van der Waals surface area contributed by atoms with Gasteiger partial charge in [-0.25, -0.2) is 0 Å². The predicted molar refractivity (Wildman–Crippen MR) is 50.5 cm³/mol. The fraction of sp³-hybridized carbons (Fsp3) is 0.444. The monoisotopic (exact) mass is 152 g/mol. The number of aliphatic imine (C=N–C) groups is 1. The van der Waals surface area contributed by atoms with Crippen molar-refractivity contribution >= 4 is 6.21 Å². The number of rotatable bonds is 4. The number of hydrogen-bond donors (Lipinski definition) is 1. The van der Waals surface area contributed by atoms with Crippen molar-refractivity contribution in [3.63, 3.8) is 0 Å². The molecule has 0 saturated carbocycles. The SMILES string of the molecule is C=C(CC)C(=C/N)/N=C\CC. The van der Waals surface area contributed by atoms with Crippen LogP contribution in [0.1, 0.15) is 26.7 Å². The molecule has 0 bridgehead atoms. The van der Waals surface area contributed by atoms with E-state index in [2.05, 4.69) is 11.6 Å². The number of allylic oxidation sites excluding steroid dienone is 1. The second-order valence-corrected chi connectivity index (χ2v) is 2.23. The minimum atomic E-state index is 0.800. The molecule has 11 heavy (non-hydrogen) atoms. The van der Waals surface area contributed by atoms with Crippen molar-refractivity contribution in [3.8, 4) is 0 Å². The molecule has 0 saturated heterocycles. The van der Waals surface area contributed by atoms with Crippen LogP contribution in [0.4, 0.5) is 0 Å². The topological polar surface area (TPSA) is 38.4 Å². The zero-order valence-corrected chi connectivity index (χ0v) is 7.30. The van der Waals surface area contributed by atoms with E-state index in [0.717, 1.165) is 24.1 Å². The number of nitrogens with two attached hydrogens (primary N) is 1. The van der Waals surface area contributed by atoms with Gasteiger partial charge in [-0.2, -0.15) is 0 Å². The Bertz CT molecular complexity index is 178. The lowest BCUT2D eigenvalue weighted by molar-refractivity contribution is 1.09. The maximum atomic E-state index is 5.35. The van der Waals surface area contributed by atoms with E-state index >= 15 is 0 Å². The lowest BCUT2D eigenvalue weighted by atomic mass is 10.2. The predicted octanol–water partition coefficient (Wildman–Crippen LogP) is 2.23. The molecule has 0 aromatic heterocycles. The van der Waals surface area contributed by atoms with Crippen LogP contribution in [0.5, 0.6) is 0 Å². The molecule has 0 spiro atoms. The maximum absolute atomic E-state index is 5.35. The average molecular weight is 152 g/mol. The summed E-state index contributed by atoms with van der Waals surface area (Å²) in [5.74, 6) is 0. The van der Waals surface area contributed by atoms with E-state index in [0.29, 0.717) is 0 Å². The van der Waals surface area contributed by atoms with E-state index in [4.69, 9.17) is 5.73 Å². The van der Waals surface area contributed by atoms with Crippen LogP contribution in [-0.2, 0) is 0 Å². The second-order valence-electron chi connectivity index (χ2n) is 2.23. The van der Waals surface area contributed by atoms with Crippen LogP contribution in [0.2, 0.25) is 0 Å². The Balaban J connectivity index is 4.19. The normalized spacial score (nSPS) is 12.4. The quantitative estimate of drug-likeness (QED) is 0.487. The van der Waals surface area contributed by atoms with Gasteiger partial charge >= 0.3 is 0 Å². The highest BCUT2D eigenvalue weighted by Crippen LogP contribution is 2.10. The van der Waals surface area contributed by atoms with E-state index in [9.17, 15) is 0 Å². The van der Waals surface area contributed by atoms with Crippen molar-refractivity contribution in [2.24, 2.45) is 10.7 Å².